The van der Waals surface area contributed by atoms with Gasteiger partial charge in [-0.25, -0.2) is 31.1 Å². The molecule has 0 aliphatic carbocycles. The number of hydrogen-bond donors (Lipinski definition) is 4. The van der Waals surface area contributed by atoms with Crippen LogP contribution in [-0.4, -0.2) is 159 Å². The summed E-state index contributed by atoms with van der Waals surface area (Å²) >= 11 is 0. The predicted octanol–water partition coefficient (Wildman–Crippen LogP) is 5.86. The topological polar surface area (TPSA) is 265 Å². The Balaban J connectivity index is 0.000000261. The van der Waals surface area contributed by atoms with Crippen molar-refractivity contribution in [2.45, 2.75) is 180 Å². The maximum absolute atomic E-state index is 14.7. The van der Waals surface area contributed by atoms with E-state index in [0.717, 1.165) is 9.13 Å². The lowest BCUT2D eigenvalue weighted by atomic mass is 10.00. The number of nitrogens with two attached hydrogens (primary N) is 1. The molecule has 500 valence electrons. The number of nitrogens with one attached hydrogen (secondary N) is 3. The second-order valence-corrected chi connectivity index (χ2v) is 24.3. The van der Waals surface area contributed by atoms with E-state index in [-0.39, 0.29) is 87.5 Å². The van der Waals surface area contributed by atoms with E-state index in [9.17, 15) is 86.2 Å². The van der Waals surface area contributed by atoms with Crippen LogP contribution >= 0.6 is 0 Å². The summed E-state index contributed by atoms with van der Waals surface area (Å²) in [5.74, 6) is -14.5. The molecule has 34 heteroatoms. The summed E-state index contributed by atoms with van der Waals surface area (Å²) in [5.41, 5.74) is 4.52. The van der Waals surface area contributed by atoms with Crippen molar-refractivity contribution in [3.05, 3.63) is 93.6 Å². The van der Waals surface area contributed by atoms with Crippen LogP contribution in [0.2, 0.25) is 0 Å². The highest BCUT2D eigenvalue weighted by Crippen LogP contribution is 2.32. The number of amides is 7. The first-order valence-electron chi connectivity index (χ1n) is 29.2. The minimum Gasteiger partial charge on any atom is -0.444 e. The van der Waals surface area contributed by atoms with Gasteiger partial charge in [-0.2, -0.15) is 26.3 Å². The number of alkyl halides is 6. The Bertz CT molecular complexity index is 3350. The zero-order chi connectivity index (χ0) is 67.4. The molecule has 0 saturated carbocycles. The molecule has 2 saturated heterocycles. The van der Waals surface area contributed by atoms with E-state index in [0.29, 0.717) is 43.5 Å². The van der Waals surface area contributed by atoms with Crippen LogP contribution in [0.4, 0.5) is 57.5 Å². The Morgan fingerprint density at radius 3 is 1.32 bits per heavy atom. The van der Waals surface area contributed by atoms with Crippen LogP contribution in [0.1, 0.15) is 121 Å². The number of halogens is 12. The number of nitrogens with zero attached hydrogens (tertiary/aromatic N) is 10. The first-order valence-corrected chi connectivity index (χ1v) is 29.2. The molecule has 2 aromatic heterocycles. The van der Waals surface area contributed by atoms with Crippen LogP contribution < -0.4 is 21.7 Å². The predicted molar refractivity (Wildman–Crippen MR) is 294 cm³/mol. The number of rotatable bonds is 17. The Labute approximate surface area is 513 Å². The van der Waals surface area contributed by atoms with Crippen molar-refractivity contribution < 1.29 is 91.0 Å². The van der Waals surface area contributed by atoms with Crippen molar-refractivity contribution in [3.63, 3.8) is 0 Å². The molecule has 4 aliphatic heterocycles. The summed E-state index contributed by atoms with van der Waals surface area (Å²) in [5, 5.41) is 21.3. The molecule has 6 atom stereocenters. The fourth-order valence-corrected chi connectivity index (χ4v) is 11.0. The Kier molecular flexibility index (Phi) is 22.1. The average Bonchev–Trinajstić information content (AvgIpc) is 1.71. The lowest BCUT2D eigenvalue weighted by molar-refractivity contribution is -0.149. The third-order valence-electron chi connectivity index (χ3n) is 15.7. The van der Waals surface area contributed by atoms with E-state index in [2.05, 4.69) is 36.3 Å². The molecule has 91 heavy (non-hydrogen) atoms. The molecule has 4 aromatic rings. The lowest BCUT2D eigenvalue weighted by Gasteiger charge is -2.32. The number of alkyl carbamates (subject to hydrolysis) is 1. The normalized spacial score (nSPS) is 18.2. The molecule has 2 fully saturated rings. The van der Waals surface area contributed by atoms with Crippen molar-refractivity contribution in [3.8, 4) is 0 Å². The number of hydrogen-bond acceptors (Lipinski definition) is 13. The second-order valence-electron chi connectivity index (χ2n) is 24.3. The van der Waals surface area contributed by atoms with E-state index in [1.807, 2.05) is 0 Å². The van der Waals surface area contributed by atoms with Gasteiger partial charge < -0.3 is 55.2 Å². The monoisotopic (exact) mass is 1310 g/mol. The number of carbonyl (C=O) groups excluding carboxylic acids is 7. The maximum atomic E-state index is 14.7. The van der Waals surface area contributed by atoms with E-state index in [1.54, 1.807) is 48.5 Å². The fraction of sp³-hybridized carbons (Fsp3) is 0.596. The van der Waals surface area contributed by atoms with Crippen LogP contribution in [0.25, 0.3) is 0 Å². The molecule has 8 rings (SSSR count). The average molecular weight is 1310 g/mol. The summed E-state index contributed by atoms with van der Waals surface area (Å²) in [6.45, 7) is 11.0. The zero-order valence-electron chi connectivity index (χ0n) is 50.6. The molecule has 6 heterocycles. The number of likely N-dealkylation sites (tertiary alicyclic amines) is 2. The summed E-state index contributed by atoms with van der Waals surface area (Å²) in [4.78, 5) is 97.8. The molecule has 0 spiro atoms. The standard InChI is InChI=1S/C31H39F6N7O5.C26H31F6N7O3/c1-16(2)25(39-29(48)49-30(3,4)5)27(47)43-8-6-7-22(43)26(46)38-18(11-17-12-20(33)21(34)14-19(17)32)13-24(45)42-9-10-44-23(15-42)40-41-28(44)31(35,36)37;1-13(2)22(33)24(42)38-5-3-4-19(38)23(41)34-15(8-14-9-17(28)18(29)11-16(14)27)10-21(40)37-6-7-39-20(12-37)35-36-25(39)26(30,31)32/h12,14,16,18,22,25H,6-11,13,15H2,1-5H3,(H,38,46)(H,39,48);9,11,13,15,19,22H,3-8,10,12,33H2,1-2H3,(H,34,41). The van der Waals surface area contributed by atoms with Gasteiger partial charge in [0.2, 0.25) is 47.1 Å². The largest absolute Gasteiger partial charge is 0.451 e. The van der Waals surface area contributed by atoms with Crippen molar-refractivity contribution in [2.24, 2.45) is 17.6 Å². The molecule has 2 aromatic carbocycles. The highest BCUT2D eigenvalue weighted by atomic mass is 19.4. The van der Waals surface area contributed by atoms with E-state index >= 15 is 0 Å². The summed E-state index contributed by atoms with van der Waals surface area (Å²) in [6, 6.07) is -4.26. The third-order valence-corrected chi connectivity index (χ3v) is 15.7. The van der Waals surface area contributed by atoms with Gasteiger partial charge in [0.25, 0.3) is 0 Å². The summed E-state index contributed by atoms with van der Waals surface area (Å²) < 4.78 is 171. The van der Waals surface area contributed by atoms with Crippen molar-refractivity contribution >= 4 is 41.5 Å². The van der Waals surface area contributed by atoms with Gasteiger partial charge in [-0.3, -0.25) is 28.8 Å². The molecular formula is C57H70F12N14O8. The van der Waals surface area contributed by atoms with Gasteiger partial charge in [0.15, 0.2) is 34.9 Å². The Hall–Kier alpha value is -8.07. The van der Waals surface area contributed by atoms with E-state index < -0.39 is 174 Å². The minimum atomic E-state index is -4.75. The van der Waals surface area contributed by atoms with Crippen LogP contribution in [0.5, 0.6) is 0 Å². The molecule has 0 radical (unpaired) electrons. The van der Waals surface area contributed by atoms with Crippen LogP contribution in [0.3, 0.4) is 0 Å². The smallest absolute Gasteiger partial charge is 0.444 e. The van der Waals surface area contributed by atoms with Crippen molar-refractivity contribution in [1.82, 2.24) is 65.1 Å². The molecule has 22 nitrogen and oxygen atoms in total. The van der Waals surface area contributed by atoms with Gasteiger partial charge >= 0.3 is 18.4 Å². The second kappa shape index (κ2) is 28.6. The third kappa shape index (κ3) is 17.5. The van der Waals surface area contributed by atoms with Gasteiger partial charge in [0.05, 0.1) is 19.1 Å². The Morgan fingerprint density at radius 1 is 0.549 bits per heavy atom. The van der Waals surface area contributed by atoms with Gasteiger partial charge in [-0.15, -0.1) is 20.4 Å². The summed E-state index contributed by atoms with van der Waals surface area (Å²) in [7, 11) is 0. The van der Waals surface area contributed by atoms with Gasteiger partial charge in [-0.05, 0) is 94.4 Å². The lowest BCUT2D eigenvalue weighted by Crippen LogP contribution is -2.56. The minimum absolute atomic E-state index is 0.0873. The van der Waals surface area contributed by atoms with Crippen molar-refractivity contribution in [1.29, 1.82) is 0 Å². The Morgan fingerprint density at radius 2 is 0.945 bits per heavy atom. The SMILES string of the molecule is CC(C)C(N)C(=O)N1CCCC1C(=O)NC(CC(=O)N1CCn2c(nnc2C(F)(F)F)C1)Cc1cc(F)c(F)cc1F.CC(C)C(NC(=O)OC(C)(C)C)C(=O)N1CCCC1C(=O)NC(CC(=O)N1CCn2c(nnc2C(F)(F)F)C1)Cc1cc(F)c(F)cc1F. The maximum Gasteiger partial charge on any atom is 0.451 e. The number of aromatic nitrogens is 6. The van der Waals surface area contributed by atoms with E-state index in [1.165, 1.54) is 19.6 Å². The van der Waals surface area contributed by atoms with Crippen molar-refractivity contribution in [2.75, 3.05) is 26.2 Å². The van der Waals surface area contributed by atoms with Crippen LogP contribution in [0.15, 0.2) is 24.3 Å². The highest BCUT2D eigenvalue weighted by molar-refractivity contribution is 5.93. The number of carbonyl (C=O) groups is 7. The van der Waals surface area contributed by atoms with Crippen LogP contribution in [0, 0.1) is 46.7 Å². The molecule has 4 aliphatic rings. The van der Waals surface area contributed by atoms with E-state index in [4.69, 9.17) is 10.5 Å². The highest BCUT2D eigenvalue weighted by Gasteiger charge is 2.44. The van der Waals surface area contributed by atoms with Gasteiger partial charge in [-0.1, -0.05) is 27.7 Å². The molecule has 0 bridgehead atoms. The first-order chi connectivity index (χ1) is 42.4. The number of ether oxygens (including phenoxy) is 1. The van der Waals surface area contributed by atoms with Crippen LogP contribution in [-0.2, 0) is 84.9 Å². The summed E-state index contributed by atoms with van der Waals surface area (Å²) in [6.07, 6.45) is -10.6. The fourth-order valence-electron chi connectivity index (χ4n) is 11.0. The quantitative estimate of drug-likeness (QED) is 0.0714. The molecule has 6 unspecified atom stereocenters. The first kappa shape index (κ1) is 70.4. The number of fused-ring (bicyclic) bond motifs is 2. The zero-order valence-corrected chi connectivity index (χ0v) is 50.6. The van der Waals surface area contributed by atoms with Gasteiger partial charge in [0.1, 0.15) is 35.4 Å². The molecule has 7 amide bonds. The molecule has 5 N–H and O–H groups in total. The van der Waals surface area contributed by atoms with Gasteiger partial charge in [0, 0.05) is 76.3 Å². The molecular weight excluding hydrogens is 1240 g/mol. The number of benzene rings is 2.